The summed E-state index contributed by atoms with van der Waals surface area (Å²) in [5.41, 5.74) is -1.12. The van der Waals surface area contributed by atoms with Crippen LogP contribution in [0.5, 0.6) is 0 Å². The van der Waals surface area contributed by atoms with Gasteiger partial charge in [0.2, 0.25) is 5.91 Å². The lowest BCUT2D eigenvalue weighted by molar-refractivity contribution is -0.152. The van der Waals surface area contributed by atoms with Crippen LogP contribution in [0.3, 0.4) is 0 Å². The quantitative estimate of drug-likeness (QED) is 0.827. The van der Waals surface area contributed by atoms with Crippen LogP contribution >= 0.6 is 0 Å². The molecule has 1 aliphatic carbocycles. The van der Waals surface area contributed by atoms with Gasteiger partial charge in [-0.05, 0) is 24.7 Å². The number of carbonyl (C=O) groups excluding carboxylic acids is 1. The molecule has 1 saturated heterocycles. The molecule has 0 aromatic carbocycles. The minimum absolute atomic E-state index is 0.117. The van der Waals surface area contributed by atoms with E-state index in [1.807, 2.05) is 0 Å². The van der Waals surface area contributed by atoms with Gasteiger partial charge in [0.15, 0.2) is 0 Å². The molecule has 2 N–H and O–H groups in total. The lowest BCUT2D eigenvalue weighted by Gasteiger charge is -2.35. The second kappa shape index (κ2) is 6.57. The van der Waals surface area contributed by atoms with Gasteiger partial charge in [-0.1, -0.05) is 19.8 Å². The van der Waals surface area contributed by atoms with Gasteiger partial charge in [-0.25, -0.2) is 4.79 Å². The van der Waals surface area contributed by atoms with Crippen molar-refractivity contribution in [3.05, 3.63) is 0 Å². The summed E-state index contributed by atoms with van der Waals surface area (Å²) in [6, 6.07) is 0. The molecule has 0 spiro atoms. The van der Waals surface area contributed by atoms with Gasteiger partial charge in [0, 0.05) is 32.5 Å². The van der Waals surface area contributed by atoms with Crippen molar-refractivity contribution in [1.29, 1.82) is 0 Å². The fraction of sp³-hybridized carbons (Fsp3) is 0.867. The molecule has 1 saturated carbocycles. The minimum Gasteiger partial charge on any atom is -0.480 e. The topological polar surface area (TPSA) is 75.6 Å². The van der Waals surface area contributed by atoms with Gasteiger partial charge in [-0.3, -0.25) is 4.79 Å². The molecule has 5 heteroatoms. The van der Waals surface area contributed by atoms with Gasteiger partial charge in [-0.2, -0.15) is 0 Å². The molecule has 2 fully saturated rings. The second-order valence-corrected chi connectivity index (χ2v) is 6.39. The maximum atomic E-state index is 12.2. The highest BCUT2D eigenvalue weighted by molar-refractivity contribution is 5.87. The van der Waals surface area contributed by atoms with Crippen molar-refractivity contribution in [3.63, 3.8) is 0 Å². The van der Waals surface area contributed by atoms with Crippen molar-refractivity contribution < 1.29 is 19.4 Å². The van der Waals surface area contributed by atoms with Gasteiger partial charge < -0.3 is 15.2 Å². The lowest BCUT2D eigenvalue weighted by atomic mass is 9.80. The third kappa shape index (κ3) is 3.72. The van der Waals surface area contributed by atoms with Crippen molar-refractivity contribution >= 4 is 11.9 Å². The Morgan fingerprint density at radius 3 is 2.60 bits per heavy atom. The normalized spacial score (nSPS) is 29.6. The third-order valence-electron chi connectivity index (χ3n) is 4.65. The average molecular weight is 283 g/mol. The highest BCUT2D eigenvalue weighted by Gasteiger charge is 2.41. The standard InChI is InChI=1S/C15H25NO4/c1-11-3-2-4-12(9-11)10-13(17)16-15(14(18)19)5-7-20-8-6-15/h11-12H,2-10H2,1H3,(H,16,17)(H,18,19). The average Bonchev–Trinajstić information content (AvgIpc) is 2.39. The van der Waals surface area contributed by atoms with Crippen molar-refractivity contribution in [2.75, 3.05) is 13.2 Å². The van der Waals surface area contributed by atoms with Crippen LogP contribution < -0.4 is 5.32 Å². The summed E-state index contributed by atoms with van der Waals surface area (Å²) in [4.78, 5) is 23.7. The molecule has 0 bridgehead atoms. The first kappa shape index (κ1) is 15.3. The van der Waals surface area contributed by atoms with Gasteiger partial charge in [0.1, 0.15) is 5.54 Å². The van der Waals surface area contributed by atoms with E-state index in [-0.39, 0.29) is 5.91 Å². The third-order valence-corrected chi connectivity index (χ3v) is 4.65. The molecule has 2 unspecified atom stereocenters. The first-order valence-electron chi connectivity index (χ1n) is 7.64. The molecule has 0 aromatic heterocycles. The molecule has 0 aromatic rings. The van der Waals surface area contributed by atoms with Gasteiger partial charge >= 0.3 is 5.97 Å². The number of hydrogen-bond donors (Lipinski definition) is 2. The van der Waals surface area contributed by atoms with E-state index >= 15 is 0 Å². The van der Waals surface area contributed by atoms with Crippen molar-refractivity contribution in [3.8, 4) is 0 Å². The van der Waals surface area contributed by atoms with E-state index < -0.39 is 11.5 Å². The maximum absolute atomic E-state index is 12.2. The molecule has 1 aliphatic heterocycles. The molecule has 1 heterocycles. The predicted molar refractivity (Wildman–Crippen MR) is 74.3 cm³/mol. The summed E-state index contributed by atoms with van der Waals surface area (Å²) in [5.74, 6) is 0.0297. The fourth-order valence-electron chi connectivity index (χ4n) is 3.44. The Morgan fingerprint density at radius 1 is 1.30 bits per heavy atom. The van der Waals surface area contributed by atoms with Crippen molar-refractivity contribution in [2.45, 2.75) is 57.4 Å². The van der Waals surface area contributed by atoms with E-state index in [0.717, 1.165) is 12.8 Å². The molecule has 2 aliphatic rings. The number of aliphatic carboxylic acids is 1. The Morgan fingerprint density at radius 2 is 2.00 bits per heavy atom. The van der Waals surface area contributed by atoms with Crippen LogP contribution in [-0.2, 0) is 14.3 Å². The summed E-state index contributed by atoms with van der Waals surface area (Å²) < 4.78 is 5.21. The summed E-state index contributed by atoms with van der Waals surface area (Å²) in [5, 5.41) is 12.2. The Balaban J connectivity index is 1.90. The SMILES string of the molecule is CC1CCCC(CC(=O)NC2(C(=O)O)CCOCC2)C1. The van der Waals surface area contributed by atoms with Crippen LogP contribution in [0.15, 0.2) is 0 Å². The Hall–Kier alpha value is -1.10. The van der Waals surface area contributed by atoms with E-state index in [4.69, 9.17) is 4.74 Å². The van der Waals surface area contributed by atoms with Crippen LogP contribution in [0.2, 0.25) is 0 Å². The highest BCUT2D eigenvalue weighted by Crippen LogP contribution is 2.31. The second-order valence-electron chi connectivity index (χ2n) is 6.39. The first-order chi connectivity index (χ1) is 9.52. The smallest absolute Gasteiger partial charge is 0.329 e. The molecular formula is C15H25NO4. The summed E-state index contributed by atoms with van der Waals surface area (Å²) in [7, 11) is 0. The van der Waals surface area contributed by atoms with Crippen molar-refractivity contribution in [2.24, 2.45) is 11.8 Å². The maximum Gasteiger partial charge on any atom is 0.329 e. The zero-order valence-corrected chi connectivity index (χ0v) is 12.2. The fourth-order valence-corrected chi connectivity index (χ4v) is 3.44. The number of ether oxygens (including phenoxy) is 1. The molecule has 114 valence electrons. The Kier molecular flexibility index (Phi) is 5.02. The number of rotatable bonds is 4. The lowest BCUT2D eigenvalue weighted by Crippen LogP contribution is -2.57. The molecule has 5 nitrogen and oxygen atoms in total. The number of carboxylic acids is 1. The molecule has 2 rings (SSSR count). The van der Waals surface area contributed by atoms with E-state index in [2.05, 4.69) is 12.2 Å². The zero-order chi connectivity index (χ0) is 14.6. The van der Waals surface area contributed by atoms with Crippen LogP contribution in [0, 0.1) is 11.8 Å². The minimum atomic E-state index is -1.12. The predicted octanol–water partition coefficient (Wildman–Crippen LogP) is 1.95. The number of hydrogen-bond acceptors (Lipinski definition) is 3. The van der Waals surface area contributed by atoms with Gasteiger partial charge in [-0.15, -0.1) is 0 Å². The molecule has 20 heavy (non-hydrogen) atoms. The van der Waals surface area contributed by atoms with E-state index in [9.17, 15) is 14.7 Å². The van der Waals surface area contributed by atoms with E-state index in [1.165, 1.54) is 12.8 Å². The van der Waals surface area contributed by atoms with Crippen LogP contribution in [-0.4, -0.2) is 35.7 Å². The highest BCUT2D eigenvalue weighted by atomic mass is 16.5. The summed E-state index contributed by atoms with van der Waals surface area (Å²) in [6.45, 7) is 3.02. The Bertz CT molecular complexity index is 363. The molecular weight excluding hydrogens is 258 g/mol. The van der Waals surface area contributed by atoms with Crippen LogP contribution in [0.25, 0.3) is 0 Å². The largest absolute Gasteiger partial charge is 0.480 e. The Labute approximate surface area is 120 Å². The van der Waals surface area contributed by atoms with E-state index in [1.54, 1.807) is 0 Å². The molecule has 1 amide bonds. The summed E-state index contributed by atoms with van der Waals surface area (Å²) >= 11 is 0. The van der Waals surface area contributed by atoms with E-state index in [0.29, 0.717) is 44.3 Å². The van der Waals surface area contributed by atoms with Gasteiger partial charge in [0.05, 0.1) is 0 Å². The number of nitrogens with one attached hydrogen (secondary N) is 1. The monoisotopic (exact) mass is 283 g/mol. The van der Waals surface area contributed by atoms with Crippen LogP contribution in [0.1, 0.15) is 51.9 Å². The number of carboxylic acid groups (broad SMARTS) is 1. The number of amides is 1. The molecule has 2 atom stereocenters. The first-order valence-corrected chi connectivity index (χ1v) is 7.64. The molecule has 0 radical (unpaired) electrons. The zero-order valence-electron chi connectivity index (χ0n) is 12.2. The van der Waals surface area contributed by atoms with Crippen molar-refractivity contribution in [1.82, 2.24) is 5.32 Å². The van der Waals surface area contributed by atoms with Gasteiger partial charge in [0.25, 0.3) is 0 Å². The number of carbonyl (C=O) groups is 2. The van der Waals surface area contributed by atoms with Crippen LogP contribution in [0.4, 0.5) is 0 Å². The summed E-state index contributed by atoms with van der Waals surface area (Å²) in [6.07, 6.45) is 5.76.